The molecule has 0 rings (SSSR count). The van der Waals surface area contributed by atoms with Gasteiger partial charge < -0.3 is 25.8 Å². The molecule has 0 aliphatic rings. The van der Waals surface area contributed by atoms with Crippen molar-refractivity contribution in [2.24, 2.45) is 5.73 Å². The lowest BCUT2D eigenvalue weighted by Crippen LogP contribution is -2.35. The van der Waals surface area contributed by atoms with Gasteiger partial charge in [0, 0.05) is 19.6 Å². The highest BCUT2D eigenvalue weighted by atomic mass is 16.5. The van der Waals surface area contributed by atoms with Gasteiger partial charge >= 0.3 is 0 Å². The number of nitrogens with two attached hydrogens (primary N) is 1. The van der Waals surface area contributed by atoms with Crippen molar-refractivity contribution in [3.05, 3.63) is 0 Å². The molecule has 16 heavy (non-hydrogen) atoms. The van der Waals surface area contributed by atoms with Gasteiger partial charge in [0.25, 0.3) is 0 Å². The van der Waals surface area contributed by atoms with Crippen molar-refractivity contribution in [3.8, 4) is 0 Å². The Morgan fingerprint density at radius 3 is 2.50 bits per heavy atom. The number of carbonyl (C=O) groups is 1. The quantitative estimate of drug-likeness (QED) is 0.386. The molecule has 0 radical (unpaired) electrons. The van der Waals surface area contributed by atoms with E-state index in [0.717, 1.165) is 0 Å². The molecule has 6 heteroatoms. The van der Waals surface area contributed by atoms with Crippen molar-refractivity contribution >= 4 is 5.91 Å². The van der Waals surface area contributed by atoms with E-state index in [1.165, 1.54) is 0 Å². The molecule has 0 atom stereocenters. The highest BCUT2D eigenvalue weighted by Crippen LogP contribution is 1.77. The second-order valence-electron chi connectivity index (χ2n) is 3.14. The molecule has 0 aromatic heterocycles. The molecule has 0 unspecified atom stereocenters. The van der Waals surface area contributed by atoms with E-state index in [-0.39, 0.29) is 5.91 Å². The van der Waals surface area contributed by atoms with Gasteiger partial charge in [0.2, 0.25) is 5.91 Å². The summed E-state index contributed by atoms with van der Waals surface area (Å²) >= 11 is 0. The Morgan fingerprint density at radius 2 is 1.88 bits per heavy atom. The number of likely N-dealkylation sites (N-methyl/N-ethyl adjacent to an activating group) is 1. The Morgan fingerprint density at radius 1 is 1.19 bits per heavy atom. The summed E-state index contributed by atoms with van der Waals surface area (Å²) in [6, 6.07) is 0. The van der Waals surface area contributed by atoms with E-state index in [1.807, 2.05) is 6.92 Å². The lowest BCUT2D eigenvalue weighted by molar-refractivity contribution is -0.120. The maximum Gasteiger partial charge on any atom is 0.233 e. The Labute approximate surface area is 96.9 Å². The van der Waals surface area contributed by atoms with E-state index in [2.05, 4.69) is 10.6 Å². The normalized spacial score (nSPS) is 10.4. The van der Waals surface area contributed by atoms with Crippen LogP contribution < -0.4 is 16.4 Å². The van der Waals surface area contributed by atoms with Crippen LogP contribution in [-0.4, -0.2) is 58.5 Å². The first-order valence-electron chi connectivity index (χ1n) is 5.64. The largest absolute Gasteiger partial charge is 0.378 e. The van der Waals surface area contributed by atoms with Crippen molar-refractivity contribution in [2.45, 2.75) is 6.92 Å². The third-order valence-electron chi connectivity index (χ3n) is 1.72. The van der Waals surface area contributed by atoms with E-state index in [4.69, 9.17) is 15.2 Å². The van der Waals surface area contributed by atoms with Crippen molar-refractivity contribution in [3.63, 3.8) is 0 Å². The SMILES string of the molecule is CCNC(=O)CNCCOCCOCCN. The van der Waals surface area contributed by atoms with Crippen LogP contribution in [-0.2, 0) is 14.3 Å². The first kappa shape index (κ1) is 15.3. The Kier molecular flexibility index (Phi) is 11.8. The van der Waals surface area contributed by atoms with Gasteiger partial charge in [-0.2, -0.15) is 0 Å². The first-order valence-corrected chi connectivity index (χ1v) is 5.64. The standard InChI is InChI=1S/C10H23N3O3/c1-2-13-10(14)9-12-4-6-16-8-7-15-5-3-11/h12H,2-9,11H2,1H3,(H,13,14). The monoisotopic (exact) mass is 233 g/mol. The highest BCUT2D eigenvalue weighted by molar-refractivity contribution is 5.77. The second kappa shape index (κ2) is 12.4. The first-order chi connectivity index (χ1) is 7.81. The van der Waals surface area contributed by atoms with Gasteiger partial charge in [0.15, 0.2) is 0 Å². The van der Waals surface area contributed by atoms with Crippen molar-refractivity contribution < 1.29 is 14.3 Å². The van der Waals surface area contributed by atoms with Gasteiger partial charge in [-0.25, -0.2) is 0 Å². The Balaban J connectivity index is 3.01. The molecular formula is C10H23N3O3. The summed E-state index contributed by atoms with van der Waals surface area (Å²) in [5, 5.41) is 5.67. The molecule has 0 bridgehead atoms. The smallest absolute Gasteiger partial charge is 0.233 e. The highest BCUT2D eigenvalue weighted by Gasteiger charge is 1.96. The van der Waals surface area contributed by atoms with Crippen molar-refractivity contribution in [2.75, 3.05) is 52.6 Å². The minimum atomic E-state index is 0.00813. The minimum Gasteiger partial charge on any atom is -0.378 e. The van der Waals surface area contributed by atoms with E-state index in [0.29, 0.717) is 52.6 Å². The average Bonchev–Trinajstić information content (AvgIpc) is 2.27. The number of ether oxygens (including phenoxy) is 2. The van der Waals surface area contributed by atoms with Gasteiger partial charge in [0.1, 0.15) is 0 Å². The van der Waals surface area contributed by atoms with Crippen molar-refractivity contribution in [1.82, 2.24) is 10.6 Å². The molecule has 0 saturated heterocycles. The van der Waals surface area contributed by atoms with Gasteiger partial charge in [-0.15, -0.1) is 0 Å². The molecule has 0 saturated carbocycles. The van der Waals surface area contributed by atoms with Crippen LogP contribution in [0.3, 0.4) is 0 Å². The maximum atomic E-state index is 11.0. The van der Waals surface area contributed by atoms with Gasteiger partial charge in [-0.05, 0) is 6.92 Å². The molecule has 4 N–H and O–H groups in total. The van der Waals surface area contributed by atoms with Gasteiger partial charge in [-0.1, -0.05) is 0 Å². The molecular weight excluding hydrogens is 210 g/mol. The Hall–Kier alpha value is -0.690. The third kappa shape index (κ3) is 11.4. The molecule has 0 aromatic rings. The van der Waals surface area contributed by atoms with Crippen LogP contribution in [0, 0.1) is 0 Å². The predicted octanol–water partition coefficient (Wildman–Crippen LogP) is -1.30. The van der Waals surface area contributed by atoms with Gasteiger partial charge in [0.05, 0.1) is 33.0 Å². The molecule has 0 aromatic carbocycles. The van der Waals surface area contributed by atoms with Gasteiger partial charge in [-0.3, -0.25) is 4.79 Å². The molecule has 0 aliphatic carbocycles. The van der Waals surface area contributed by atoms with E-state index in [9.17, 15) is 4.79 Å². The van der Waals surface area contributed by atoms with E-state index >= 15 is 0 Å². The Bertz CT molecular complexity index is 167. The summed E-state index contributed by atoms with van der Waals surface area (Å²) in [5.41, 5.74) is 5.25. The van der Waals surface area contributed by atoms with Crippen LogP contribution in [0.5, 0.6) is 0 Å². The fourth-order valence-electron chi connectivity index (χ4n) is 1.01. The molecule has 0 spiro atoms. The van der Waals surface area contributed by atoms with Crippen molar-refractivity contribution in [1.29, 1.82) is 0 Å². The fraction of sp³-hybridized carbons (Fsp3) is 0.900. The zero-order chi connectivity index (χ0) is 12.1. The number of rotatable bonds is 11. The summed E-state index contributed by atoms with van der Waals surface area (Å²) in [4.78, 5) is 11.0. The van der Waals surface area contributed by atoms with E-state index < -0.39 is 0 Å². The number of hydrogen-bond donors (Lipinski definition) is 3. The van der Waals surface area contributed by atoms with Crippen LogP contribution in [0.1, 0.15) is 6.92 Å². The molecule has 1 amide bonds. The van der Waals surface area contributed by atoms with Crippen LogP contribution >= 0.6 is 0 Å². The molecule has 6 nitrogen and oxygen atoms in total. The third-order valence-corrected chi connectivity index (χ3v) is 1.72. The van der Waals surface area contributed by atoms with Crippen LogP contribution in [0.2, 0.25) is 0 Å². The summed E-state index contributed by atoms with van der Waals surface area (Å²) in [7, 11) is 0. The maximum absolute atomic E-state index is 11.0. The summed E-state index contributed by atoms with van der Waals surface area (Å²) in [5.74, 6) is 0.00813. The molecule has 0 fully saturated rings. The number of carbonyl (C=O) groups excluding carboxylic acids is 1. The van der Waals surface area contributed by atoms with Crippen LogP contribution in [0.15, 0.2) is 0 Å². The topological polar surface area (TPSA) is 85.6 Å². The number of amides is 1. The minimum absolute atomic E-state index is 0.00813. The second-order valence-corrected chi connectivity index (χ2v) is 3.14. The predicted molar refractivity (Wildman–Crippen MR) is 62.2 cm³/mol. The molecule has 96 valence electrons. The zero-order valence-electron chi connectivity index (χ0n) is 9.96. The van der Waals surface area contributed by atoms with Crippen LogP contribution in [0.4, 0.5) is 0 Å². The lowest BCUT2D eigenvalue weighted by Gasteiger charge is -2.06. The molecule has 0 aliphatic heterocycles. The summed E-state index contributed by atoms with van der Waals surface area (Å²) in [6.07, 6.45) is 0. The number of nitrogens with one attached hydrogen (secondary N) is 2. The van der Waals surface area contributed by atoms with Crippen LogP contribution in [0.25, 0.3) is 0 Å². The fourth-order valence-corrected chi connectivity index (χ4v) is 1.01. The average molecular weight is 233 g/mol. The number of hydrogen-bond acceptors (Lipinski definition) is 5. The lowest BCUT2D eigenvalue weighted by atomic mass is 10.5. The summed E-state index contributed by atoms with van der Waals surface area (Å²) < 4.78 is 10.4. The molecule has 0 heterocycles. The summed E-state index contributed by atoms with van der Waals surface area (Å²) in [6.45, 7) is 6.35. The zero-order valence-corrected chi connectivity index (χ0v) is 9.96. The van der Waals surface area contributed by atoms with E-state index in [1.54, 1.807) is 0 Å².